The average Bonchev–Trinajstić information content (AvgIpc) is 3.31. The summed E-state index contributed by atoms with van der Waals surface area (Å²) in [5, 5.41) is 5.58. The minimum atomic E-state index is -1.42. The summed E-state index contributed by atoms with van der Waals surface area (Å²) in [6.45, 7) is 17.3. The van der Waals surface area contributed by atoms with Gasteiger partial charge >= 0.3 is 11.9 Å². The molecule has 410 valence electrons. The number of terminal acetylenes is 1. The highest BCUT2D eigenvalue weighted by Gasteiger charge is 2.36. The lowest BCUT2D eigenvalue weighted by molar-refractivity contribution is -0.159. The third kappa shape index (κ3) is 27.2. The van der Waals surface area contributed by atoms with E-state index in [1.165, 1.54) is 0 Å². The maximum atomic E-state index is 14.8. The minimum absolute atomic E-state index is 0.00586. The second-order valence-corrected chi connectivity index (χ2v) is 21.5. The lowest BCUT2D eigenvalue weighted by Crippen LogP contribution is -2.49. The average molecular weight is 1040 g/mol. The molecule has 75 heavy (non-hydrogen) atoms. The first-order chi connectivity index (χ1) is 35.3. The van der Waals surface area contributed by atoms with Crippen molar-refractivity contribution in [3.05, 3.63) is 102 Å². The standard InChI is InChI=1S/C59H81N3O13/c1-11-28-70-30-32-72-33-31-71-29-18-23-50(63)49(40-54(67)75-59(8,9)10)62-56(69)45(39-53(66)74-58(5,6)7)38-52(65)48(36-42-21-16-13-17-22-42)61-55(68)44(34-43-24-26-46(27-25-43)73-57(2,3)4)37-51(64)47(60)35-41-19-14-12-15-20-41/h1,12-17,19-22,24-27,44-45,47-49H,18,23,28-40,60H2,2-10H3,(H,61,68)(H,62,69)/t44-,45+,47+,48+,49+/m1/s1. The molecule has 0 aliphatic heterocycles. The molecule has 3 rings (SSSR count). The van der Waals surface area contributed by atoms with Gasteiger partial charge in [0, 0.05) is 31.8 Å². The van der Waals surface area contributed by atoms with Crippen molar-refractivity contribution in [3.63, 3.8) is 0 Å². The number of esters is 2. The van der Waals surface area contributed by atoms with Crippen LogP contribution in [-0.4, -0.2) is 116 Å². The number of ether oxygens (including phenoxy) is 6. The zero-order chi connectivity index (χ0) is 55.6. The smallest absolute Gasteiger partial charge is 0.308 e. The number of carbonyl (C=O) groups is 7. The van der Waals surface area contributed by atoms with Crippen LogP contribution in [0.4, 0.5) is 0 Å². The van der Waals surface area contributed by atoms with Gasteiger partial charge in [-0.3, -0.25) is 33.6 Å². The highest BCUT2D eigenvalue weighted by molar-refractivity contribution is 5.97. The molecule has 0 fully saturated rings. The first-order valence-electron chi connectivity index (χ1n) is 25.7. The Labute approximate surface area is 444 Å². The number of ketones is 3. The molecule has 0 bridgehead atoms. The van der Waals surface area contributed by atoms with Crippen LogP contribution in [0.1, 0.15) is 118 Å². The van der Waals surface area contributed by atoms with Crippen molar-refractivity contribution in [1.29, 1.82) is 0 Å². The number of Topliss-reactive ketones (excluding diaryl/α,β-unsaturated/α-hetero) is 3. The van der Waals surface area contributed by atoms with Gasteiger partial charge in [-0.1, -0.05) is 78.7 Å². The number of hydrogen-bond acceptors (Lipinski definition) is 14. The van der Waals surface area contributed by atoms with Crippen molar-refractivity contribution in [3.8, 4) is 18.1 Å². The second kappa shape index (κ2) is 31.6. The Hall–Kier alpha value is -6.25. The highest BCUT2D eigenvalue weighted by atomic mass is 16.6. The summed E-state index contributed by atoms with van der Waals surface area (Å²) in [6, 6.07) is 21.9. The Bertz CT molecular complexity index is 2310. The van der Waals surface area contributed by atoms with Crippen LogP contribution >= 0.6 is 0 Å². The van der Waals surface area contributed by atoms with Gasteiger partial charge in [0.1, 0.15) is 29.2 Å². The first-order valence-corrected chi connectivity index (χ1v) is 25.7. The summed E-state index contributed by atoms with van der Waals surface area (Å²) in [4.78, 5) is 98.3. The topological polar surface area (TPSA) is 225 Å². The lowest BCUT2D eigenvalue weighted by atomic mass is 9.88. The molecule has 3 aromatic rings. The second-order valence-electron chi connectivity index (χ2n) is 21.5. The Kier molecular flexibility index (Phi) is 26.6. The molecular formula is C59H81N3O13. The molecule has 0 spiro atoms. The summed E-state index contributed by atoms with van der Waals surface area (Å²) in [7, 11) is 0. The quantitative estimate of drug-likeness (QED) is 0.0323. The molecule has 0 saturated heterocycles. The van der Waals surface area contributed by atoms with Gasteiger partial charge in [0.05, 0.1) is 63.3 Å². The van der Waals surface area contributed by atoms with E-state index in [1.807, 2.05) is 63.2 Å². The van der Waals surface area contributed by atoms with Crippen molar-refractivity contribution >= 4 is 41.1 Å². The summed E-state index contributed by atoms with van der Waals surface area (Å²) in [6.07, 6.45) is 3.75. The van der Waals surface area contributed by atoms with Crippen molar-refractivity contribution in [2.24, 2.45) is 17.6 Å². The van der Waals surface area contributed by atoms with Crippen LogP contribution in [0.25, 0.3) is 0 Å². The predicted molar refractivity (Wildman–Crippen MR) is 285 cm³/mol. The lowest BCUT2D eigenvalue weighted by Gasteiger charge is -2.27. The molecule has 5 atom stereocenters. The third-order valence-corrected chi connectivity index (χ3v) is 11.1. The first kappa shape index (κ1) is 63.0. The molecule has 0 saturated carbocycles. The number of nitrogens with two attached hydrogens (primary N) is 1. The van der Waals surface area contributed by atoms with E-state index in [1.54, 1.807) is 84.0 Å². The molecule has 0 radical (unpaired) electrons. The zero-order valence-corrected chi connectivity index (χ0v) is 45.5. The normalized spacial score (nSPS) is 13.7. The summed E-state index contributed by atoms with van der Waals surface area (Å²) < 4.78 is 33.4. The highest BCUT2D eigenvalue weighted by Crippen LogP contribution is 2.24. The molecule has 0 aliphatic rings. The van der Waals surface area contributed by atoms with Gasteiger partial charge < -0.3 is 44.8 Å². The fraction of sp³-hybridized carbons (Fsp3) is 0.542. The SMILES string of the molecule is C#CCOCCOCCOCCCC(=O)[C@H](CC(=O)OC(C)(C)C)NC(=O)[C@H](CC(=O)OC(C)(C)C)CC(=O)[C@H](Cc1ccccc1)NC(=O)[C@@H](CC(=O)[C@@H](N)Cc1ccccc1)Cc1ccc(OC(C)(C)C)cc1. The van der Waals surface area contributed by atoms with Gasteiger partial charge in [-0.05, 0) is 117 Å². The summed E-state index contributed by atoms with van der Waals surface area (Å²) in [5.74, 6) is -3.88. The molecule has 4 N–H and O–H groups in total. The number of nitrogens with one attached hydrogen (secondary N) is 2. The van der Waals surface area contributed by atoms with E-state index < -0.39 is 101 Å². The summed E-state index contributed by atoms with van der Waals surface area (Å²) >= 11 is 0. The molecule has 0 unspecified atom stereocenters. The largest absolute Gasteiger partial charge is 0.488 e. The van der Waals surface area contributed by atoms with Crippen LogP contribution in [0.2, 0.25) is 0 Å². The number of rotatable bonds is 33. The summed E-state index contributed by atoms with van der Waals surface area (Å²) in [5.41, 5.74) is 6.41. The maximum absolute atomic E-state index is 14.8. The Morgan fingerprint density at radius 2 is 1.00 bits per heavy atom. The van der Waals surface area contributed by atoms with Crippen molar-refractivity contribution in [1.82, 2.24) is 10.6 Å². The Morgan fingerprint density at radius 3 is 1.55 bits per heavy atom. The monoisotopic (exact) mass is 1040 g/mol. The molecule has 16 nitrogen and oxygen atoms in total. The van der Waals surface area contributed by atoms with Crippen LogP contribution in [0.3, 0.4) is 0 Å². The Morgan fingerprint density at radius 1 is 0.520 bits per heavy atom. The van der Waals surface area contributed by atoms with Gasteiger partial charge in [-0.15, -0.1) is 6.42 Å². The van der Waals surface area contributed by atoms with E-state index in [2.05, 4.69) is 16.6 Å². The van der Waals surface area contributed by atoms with E-state index >= 15 is 0 Å². The molecule has 3 aromatic carbocycles. The molecule has 0 aromatic heterocycles. The fourth-order valence-corrected chi connectivity index (χ4v) is 7.76. The van der Waals surface area contributed by atoms with Gasteiger partial charge in [-0.25, -0.2) is 0 Å². The predicted octanol–water partition coefficient (Wildman–Crippen LogP) is 6.84. The van der Waals surface area contributed by atoms with Gasteiger partial charge in [0.25, 0.3) is 0 Å². The number of carbonyl (C=O) groups excluding carboxylic acids is 7. The zero-order valence-electron chi connectivity index (χ0n) is 45.5. The van der Waals surface area contributed by atoms with Crippen molar-refractivity contribution in [2.45, 2.75) is 155 Å². The van der Waals surface area contributed by atoms with E-state index in [0.29, 0.717) is 24.5 Å². The van der Waals surface area contributed by atoms with Crippen LogP contribution in [-0.2, 0) is 76.5 Å². The van der Waals surface area contributed by atoms with Crippen LogP contribution in [0, 0.1) is 24.2 Å². The number of amides is 2. The minimum Gasteiger partial charge on any atom is -0.488 e. The number of hydrogen-bond donors (Lipinski definition) is 3. The van der Waals surface area contributed by atoms with E-state index in [-0.39, 0.29) is 70.7 Å². The molecular weight excluding hydrogens is 959 g/mol. The fourth-order valence-electron chi connectivity index (χ4n) is 7.76. The van der Waals surface area contributed by atoms with Gasteiger partial charge in [-0.2, -0.15) is 0 Å². The van der Waals surface area contributed by atoms with Gasteiger partial charge in [0.2, 0.25) is 11.8 Å². The molecule has 2 amide bonds. The van der Waals surface area contributed by atoms with Crippen LogP contribution in [0.5, 0.6) is 5.75 Å². The van der Waals surface area contributed by atoms with E-state index in [4.69, 9.17) is 40.6 Å². The van der Waals surface area contributed by atoms with Gasteiger partial charge in [0.15, 0.2) is 17.3 Å². The van der Waals surface area contributed by atoms with Crippen LogP contribution in [0.15, 0.2) is 84.9 Å². The third-order valence-electron chi connectivity index (χ3n) is 11.1. The van der Waals surface area contributed by atoms with E-state index in [0.717, 1.165) is 11.1 Å². The Balaban J connectivity index is 1.94. The van der Waals surface area contributed by atoms with Crippen molar-refractivity contribution in [2.75, 3.05) is 39.6 Å². The maximum Gasteiger partial charge on any atom is 0.308 e. The van der Waals surface area contributed by atoms with Crippen molar-refractivity contribution < 1.29 is 62.0 Å². The number of benzene rings is 3. The van der Waals surface area contributed by atoms with E-state index in [9.17, 15) is 33.6 Å². The molecule has 0 aliphatic carbocycles. The molecule has 0 heterocycles. The van der Waals surface area contributed by atoms with Crippen LogP contribution < -0.4 is 21.1 Å². The molecule has 16 heteroatoms.